The van der Waals surface area contributed by atoms with Crippen LogP contribution < -0.4 is 10.6 Å². The fourth-order valence-corrected chi connectivity index (χ4v) is 1.91. The minimum absolute atomic E-state index is 0.252. The third-order valence-corrected chi connectivity index (χ3v) is 2.90. The van der Waals surface area contributed by atoms with Gasteiger partial charge in [0.25, 0.3) is 11.8 Å². The van der Waals surface area contributed by atoms with Crippen LogP contribution in [0.2, 0.25) is 0 Å². The molecule has 1 aromatic carbocycles. The molecule has 1 aliphatic heterocycles. The van der Waals surface area contributed by atoms with Gasteiger partial charge in [-0.05, 0) is 18.6 Å². The summed E-state index contributed by atoms with van der Waals surface area (Å²) in [5.74, 6) is -0.746. The number of hydrogen-bond acceptors (Lipinski definition) is 3. The Morgan fingerprint density at radius 1 is 1.26 bits per heavy atom. The third kappa shape index (κ3) is 2.29. The Hall–Kier alpha value is -2.37. The van der Waals surface area contributed by atoms with Crippen molar-refractivity contribution < 1.29 is 14.4 Å². The van der Waals surface area contributed by atoms with Crippen LogP contribution in [-0.2, 0) is 0 Å². The molecule has 0 fully saturated rings. The Bertz CT molecular complexity index is 554. The molecule has 4 amide bonds. The van der Waals surface area contributed by atoms with Crippen LogP contribution in [0.1, 0.15) is 34.1 Å². The highest BCUT2D eigenvalue weighted by Gasteiger charge is 2.35. The van der Waals surface area contributed by atoms with Gasteiger partial charge in [0.2, 0.25) is 0 Å². The number of carbonyl (C=O) groups excluding carboxylic acids is 3. The van der Waals surface area contributed by atoms with Crippen molar-refractivity contribution in [2.45, 2.75) is 13.3 Å². The van der Waals surface area contributed by atoms with Crippen LogP contribution in [0.5, 0.6) is 0 Å². The molecule has 6 nitrogen and oxygen atoms in total. The van der Waals surface area contributed by atoms with Crippen LogP contribution in [0.4, 0.5) is 10.5 Å². The number of fused-ring (bicyclic) bond motifs is 1. The van der Waals surface area contributed by atoms with E-state index in [9.17, 15) is 14.4 Å². The van der Waals surface area contributed by atoms with Crippen LogP contribution >= 0.6 is 0 Å². The summed E-state index contributed by atoms with van der Waals surface area (Å²) in [5.41, 5.74) is 0.927. The fourth-order valence-electron chi connectivity index (χ4n) is 1.91. The Kier molecular flexibility index (Phi) is 3.50. The predicted octanol–water partition coefficient (Wildman–Crippen LogP) is 1.44. The Morgan fingerprint density at radius 2 is 2.00 bits per heavy atom. The van der Waals surface area contributed by atoms with Gasteiger partial charge in [-0.1, -0.05) is 13.0 Å². The van der Waals surface area contributed by atoms with E-state index in [4.69, 9.17) is 0 Å². The lowest BCUT2D eigenvalue weighted by atomic mass is 10.1. The first-order valence-corrected chi connectivity index (χ1v) is 6.06. The van der Waals surface area contributed by atoms with E-state index in [2.05, 4.69) is 10.6 Å². The largest absolute Gasteiger partial charge is 0.338 e. The second kappa shape index (κ2) is 5.09. The normalized spacial score (nSPS) is 13.5. The van der Waals surface area contributed by atoms with Crippen molar-refractivity contribution in [3.05, 3.63) is 29.3 Å². The summed E-state index contributed by atoms with van der Waals surface area (Å²) in [6.07, 6.45) is 0.820. The second-order valence-electron chi connectivity index (χ2n) is 4.28. The lowest BCUT2D eigenvalue weighted by molar-refractivity contribution is 0.0693. The SMILES string of the molecule is CCCNC(=O)Nc1cccc2c1C(=O)N(C)C2=O. The number of nitrogens with one attached hydrogen (secondary N) is 2. The van der Waals surface area contributed by atoms with E-state index in [0.29, 0.717) is 17.8 Å². The van der Waals surface area contributed by atoms with Gasteiger partial charge in [0.15, 0.2) is 0 Å². The Labute approximate surface area is 110 Å². The van der Waals surface area contributed by atoms with Gasteiger partial charge in [-0.2, -0.15) is 0 Å². The summed E-state index contributed by atoms with van der Waals surface area (Å²) < 4.78 is 0. The van der Waals surface area contributed by atoms with E-state index < -0.39 is 5.91 Å². The number of nitrogens with zero attached hydrogens (tertiary/aromatic N) is 1. The number of imide groups is 1. The summed E-state index contributed by atoms with van der Waals surface area (Å²) in [6, 6.07) is 4.44. The van der Waals surface area contributed by atoms with Gasteiger partial charge < -0.3 is 10.6 Å². The minimum atomic E-state index is -0.397. The maximum Gasteiger partial charge on any atom is 0.319 e. The van der Waals surface area contributed by atoms with E-state index in [1.54, 1.807) is 18.2 Å². The summed E-state index contributed by atoms with van der Waals surface area (Å²) in [5, 5.41) is 5.25. The van der Waals surface area contributed by atoms with Crippen molar-refractivity contribution in [2.24, 2.45) is 0 Å². The Balaban J connectivity index is 2.28. The zero-order chi connectivity index (χ0) is 14.0. The van der Waals surface area contributed by atoms with Gasteiger partial charge >= 0.3 is 6.03 Å². The molecule has 0 unspecified atom stereocenters. The number of carbonyl (C=O) groups is 3. The molecule has 2 rings (SSSR count). The smallest absolute Gasteiger partial charge is 0.319 e. The van der Waals surface area contributed by atoms with Gasteiger partial charge in [-0.15, -0.1) is 0 Å². The molecule has 0 aromatic heterocycles. The zero-order valence-electron chi connectivity index (χ0n) is 10.8. The number of benzene rings is 1. The van der Waals surface area contributed by atoms with E-state index >= 15 is 0 Å². The molecular formula is C13H15N3O3. The summed E-state index contributed by atoms with van der Waals surface area (Å²) in [6.45, 7) is 2.49. The third-order valence-electron chi connectivity index (χ3n) is 2.90. The zero-order valence-corrected chi connectivity index (χ0v) is 10.8. The first-order valence-electron chi connectivity index (χ1n) is 6.06. The fraction of sp³-hybridized carbons (Fsp3) is 0.308. The standard InChI is InChI=1S/C13H15N3O3/c1-3-7-14-13(19)15-9-6-4-5-8-10(9)12(18)16(2)11(8)17/h4-6H,3,7H2,1-2H3,(H2,14,15,19). The van der Waals surface area contributed by atoms with E-state index in [1.807, 2.05) is 6.92 Å². The van der Waals surface area contributed by atoms with Gasteiger partial charge in [-0.25, -0.2) is 4.79 Å². The molecule has 100 valence electrons. The predicted molar refractivity (Wildman–Crippen MR) is 70.2 cm³/mol. The van der Waals surface area contributed by atoms with Gasteiger partial charge in [0.1, 0.15) is 0 Å². The maximum atomic E-state index is 12.0. The molecule has 0 saturated carbocycles. The van der Waals surface area contributed by atoms with Crippen LogP contribution in [0.3, 0.4) is 0 Å². The van der Waals surface area contributed by atoms with Gasteiger partial charge in [0, 0.05) is 13.6 Å². The summed E-state index contributed by atoms with van der Waals surface area (Å²) in [7, 11) is 1.42. The molecule has 19 heavy (non-hydrogen) atoms. The number of anilines is 1. The number of hydrogen-bond donors (Lipinski definition) is 2. The van der Waals surface area contributed by atoms with Crippen molar-refractivity contribution in [3.63, 3.8) is 0 Å². The molecular weight excluding hydrogens is 246 g/mol. The molecule has 6 heteroatoms. The molecule has 0 atom stereocenters. The average Bonchev–Trinajstić information content (AvgIpc) is 2.62. The monoisotopic (exact) mass is 261 g/mol. The molecule has 0 saturated heterocycles. The highest BCUT2D eigenvalue weighted by atomic mass is 16.2. The van der Waals surface area contributed by atoms with Crippen LogP contribution in [0.15, 0.2) is 18.2 Å². The second-order valence-corrected chi connectivity index (χ2v) is 4.28. The van der Waals surface area contributed by atoms with Gasteiger partial charge in [0.05, 0.1) is 16.8 Å². The van der Waals surface area contributed by atoms with Gasteiger partial charge in [-0.3, -0.25) is 14.5 Å². The molecule has 1 heterocycles. The average molecular weight is 261 g/mol. The molecule has 0 spiro atoms. The maximum absolute atomic E-state index is 12.0. The molecule has 0 bridgehead atoms. The van der Waals surface area contributed by atoms with Crippen LogP contribution in [0, 0.1) is 0 Å². The quantitative estimate of drug-likeness (QED) is 0.808. The van der Waals surface area contributed by atoms with Crippen molar-refractivity contribution >= 4 is 23.5 Å². The first-order chi connectivity index (χ1) is 9.06. The van der Waals surface area contributed by atoms with Crippen molar-refractivity contribution in [3.8, 4) is 0 Å². The highest BCUT2D eigenvalue weighted by Crippen LogP contribution is 2.28. The van der Waals surface area contributed by atoms with Crippen molar-refractivity contribution in [2.75, 3.05) is 18.9 Å². The molecule has 1 aromatic rings. The number of rotatable bonds is 3. The lowest BCUT2D eigenvalue weighted by Crippen LogP contribution is -2.30. The first kappa shape index (κ1) is 13.1. The number of amides is 4. The van der Waals surface area contributed by atoms with E-state index in [0.717, 1.165) is 11.3 Å². The van der Waals surface area contributed by atoms with Crippen molar-refractivity contribution in [1.29, 1.82) is 0 Å². The van der Waals surface area contributed by atoms with Crippen LogP contribution in [-0.4, -0.2) is 36.3 Å². The van der Waals surface area contributed by atoms with E-state index in [1.165, 1.54) is 7.05 Å². The minimum Gasteiger partial charge on any atom is -0.338 e. The number of urea groups is 1. The highest BCUT2D eigenvalue weighted by molar-refractivity contribution is 6.24. The molecule has 0 radical (unpaired) electrons. The molecule has 0 aliphatic carbocycles. The Morgan fingerprint density at radius 3 is 2.68 bits per heavy atom. The summed E-state index contributed by atoms with van der Waals surface area (Å²) >= 11 is 0. The van der Waals surface area contributed by atoms with Crippen LogP contribution in [0.25, 0.3) is 0 Å². The lowest BCUT2D eigenvalue weighted by Gasteiger charge is -2.09. The van der Waals surface area contributed by atoms with E-state index in [-0.39, 0.29) is 17.5 Å². The summed E-state index contributed by atoms with van der Waals surface area (Å²) in [4.78, 5) is 36.4. The van der Waals surface area contributed by atoms with Crippen molar-refractivity contribution in [1.82, 2.24) is 10.2 Å². The molecule has 2 N–H and O–H groups in total. The topological polar surface area (TPSA) is 78.5 Å². The molecule has 1 aliphatic rings.